The van der Waals surface area contributed by atoms with Gasteiger partial charge in [0.25, 0.3) is 0 Å². The molecule has 2 heterocycles. The van der Waals surface area contributed by atoms with Crippen LogP contribution in [0.1, 0.15) is 12.8 Å². The Bertz CT molecular complexity index is 658. The molecule has 8 heteroatoms. The van der Waals surface area contributed by atoms with Crippen LogP contribution in [-0.2, 0) is 14.6 Å². The first-order chi connectivity index (χ1) is 10.4. The van der Waals surface area contributed by atoms with E-state index in [0.717, 1.165) is 12.8 Å². The second-order valence-corrected chi connectivity index (χ2v) is 8.56. The van der Waals surface area contributed by atoms with E-state index in [2.05, 4.69) is 10.3 Å². The van der Waals surface area contributed by atoms with Crippen LogP contribution in [0.4, 0.5) is 5.82 Å². The predicted octanol–water partition coefficient (Wildman–Crippen LogP) is 1.18. The Morgan fingerprint density at radius 2 is 2.18 bits per heavy atom. The molecular weight excluding hydrogens is 326 g/mol. The summed E-state index contributed by atoms with van der Waals surface area (Å²) in [4.78, 5) is 18.2. The topological polar surface area (TPSA) is 79.4 Å². The zero-order valence-corrected chi connectivity index (χ0v) is 13.6. The van der Waals surface area contributed by atoms with Crippen molar-refractivity contribution in [1.29, 1.82) is 0 Å². The van der Waals surface area contributed by atoms with Crippen LogP contribution in [0.25, 0.3) is 0 Å². The SMILES string of the molecule is O=C(CN1CCS(=O)(=O)CC1C1CC1)Nc1ccc(Cl)cn1. The molecule has 120 valence electrons. The summed E-state index contributed by atoms with van der Waals surface area (Å²) in [6.45, 7) is 0.617. The number of carbonyl (C=O) groups excluding carboxylic acids is 1. The monoisotopic (exact) mass is 343 g/mol. The maximum Gasteiger partial charge on any atom is 0.239 e. The number of hydrogen-bond acceptors (Lipinski definition) is 5. The van der Waals surface area contributed by atoms with E-state index in [9.17, 15) is 13.2 Å². The molecule has 1 aromatic heterocycles. The quantitative estimate of drug-likeness (QED) is 0.888. The molecule has 0 aromatic carbocycles. The van der Waals surface area contributed by atoms with Gasteiger partial charge in [0.15, 0.2) is 9.84 Å². The first kappa shape index (κ1) is 15.7. The van der Waals surface area contributed by atoms with E-state index < -0.39 is 9.84 Å². The number of rotatable bonds is 4. The Morgan fingerprint density at radius 1 is 1.41 bits per heavy atom. The molecule has 1 unspecified atom stereocenters. The van der Waals surface area contributed by atoms with Gasteiger partial charge in [-0.05, 0) is 30.9 Å². The average molecular weight is 344 g/mol. The second-order valence-electron chi connectivity index (χ2n) is 5.90. The number of halogens is 1. The normalized spacial score (nSPS) is 24.9. The number of nitrogens with zero attached hydrogens (tertiary/aromatic N) is 2. The molecule has 1 saturated carbocycles. The summed E-state index contributed by atoms with van der Waals surface area (Å²) in [5, 5.41) is 3.22. The summed E-state index contributed by atoms with van der Waals surface area (Å²) < 4.78 is 23.6. The Balaban J connectivity index is 1.61. The first-order valence-corrected chi connectivity index (χ1v) is 9.49. The third-order valence-electron chi connectivity index (χ3n) is 4.09. The summed E-state index contributed by atoms with van der Waals surface area (Å²) in [6, 6.07) is 3.27. The van der Waals surface area contributed by atoms with Crippen molar-refractivity contribution in [2.24, 2.45) is 5.92 Å². The molecule has 1 N–H and O–H groups in total. The van der Waals surface area contributed by atoms with Gasteiger partial charge >= 0.3 is 0 Å². The Morgan fingerprint density at radius 3 is 2.82 bits per heavy atom. The molecule has 1 saturated heterocycles. The largest absolute Gasteiger partial charge is 0.310 e. The number of pyridine rings is 1. The fourth-order valence-corrected chi connectivity index (χ4v) is 4.59. The minimum Gasteiger partial charge on any atom is -0.310 e. The minimum absolute atomic E-state index is 0.0253. The van der Waals surface area contributed by atoms with Crippen LogP contribution < -0.4 is 5.32 Å². The molecule has 1 aliphatic heterocycles. The summed E-state index contributed by atoms with van der Waals surface area (Å²) in [5.74, 6) is 0.977. The number of hydrogen-bond donors (Lipinski definition) is 1. The van der Waals surface area contributed by atoms with E-state index in [0.29, 0.717) is 23.3 Å². The Kier molecular flexibility index (Phi) is 4.38. The molecule has 1 aromatic rings. The van der Waals surface area contributed by atoms with E-state index in [1.807, 2.05) is 4.90 Å². The van der Waals surface area contributed by atoms with E-state index in [-0.39, 0.29) is 30.0 Å². The molecular formula is C14H18ClN3O3S. The molecule has 2 fully saturated rings. The lowest BCUT2D eigenvalue weighted by atomic mass is 10.1. The number of nitrogens with one attached hydrogen (secondary N) is 1. The summed E-state index contributed by atoms with van der Waals surface area (Å²) in [6.07, 6.45) is 3.58. The highest BCUT2D eigenvalue weighted by Gasteiger charge is 2.41. The average Bonchev–Trinajstić information content (AvgIpc) is 3.28. The van der Waals surface area contributed by atoms with Crippen LogP contribution in [0, 0.1) is 5.92 Å². The van der Waals surface area contributed by atoms with Gasteiger partial charge < -0.3 is 5.32 Å². The number of aromatic nitrogens is 1. The number of anilines is 1. The van der Waals surface area contributed by atoms with E-state index in [1.165, 1.54) is 6.20 Å². The Hall–Kier alpha value is -1.18. The van der Waals surface area contributed by atoms with Gasteiger partial charge in [-0.15, -0.1) is 0 Å². The van der Waals surface area contributed by atoms with Crippen LogP contribution in [0.15, 0.2) is 18.3 Å². The van der Waals surface area contributed by atoms with Gasteiger partial charge in [-0.1, -0.05) is 11.6 Å². The van der Waals surface area contributed by atoms with Crippen molar-refractivity contribution < 1.29 is 13.2 Å². The van der Waals surface area contributed by atoms with Gasteiger partial charge in [0, 0.05) is 18.8 Å². The Labute approximate surface area is 134 Å². The lowest BCUT2D eigenvalue weighted by molar-refractivity contribution is -0.117. The molecule has 1 aliphatic carbocycles. The summed E-state index contributed by atoms with van der Waals surface area (Å²) in [5.41, 5.74) is 0. The minimum atomic E-state index is -2.97. The van der Waals surface area contributed by atoms with Crippen molar-refractivity contribution in [2.45, 2.75) is 18.9 Å². The van der Waals surface area contributed by atoms with Crippen LogP contribution in [0.3, 0.4) is 0 Å². The van der Waals surface area contributed by atoms with Crippen molar-refractivity contribution in [1.82, 2.24) is 9.88 Å². The van der Waals surface area contributed by atoms with E-state index in [1.54, 1.807) is 12.1 Å². The molecule has 0 bridgehead atoms. The zero-order valence-electron chi connectivity index (χ0n) is 12.0. The van der Waals surface area contributed by atoms with Crippen molar-refractivity contribution in [2.75, 3.05) is 29.9 Å². The van der Waals surface area contributed by atoms with Crippen LogP contribution in [-0.4, -0.2) is 54.8 Å². The molecule has 1 amide bonds. The lowest BCUT2D eigenvalue weighted by Crippen LogP contribution is -2.52. The molecule has 6 nitrogen and oxygen atoms in total. The first-order valence-electron chi connectivity index (χ1n) is 7.29. The van der Waals surface area contributed by atoms with E-state index in [4.69, 9.17) is 11.6 Å². The van der Waals surface area contributed by atoms with Crippen LogP contribution >= 0.6 is 11.6 Å². The van der Waals surface area contributed by atoms with Gasteiger partial charge in [-0.2, -0.15) is 0 Å². The van der Waals surface area contributed by atoms with Gasteiger partial charge in [-0.3, -0.25) is 9.69 Å². The molecule has 0 radical (unpaired) electrons. The molecule has 3 rings (SSSR count). The fraction of sp³-hybridized carbons (Fsp3) is 0.571. The number of sulfone groups is 1. The molecule has 0 spiro atoms. The molecule has 1 atom stereocenters. The smallest absolute Gasteiger partial charge is 0.239 e. The predicted molar refractivity (Wildman–Crippen MR) is 84.6 cm³/mol. The maximum atomic E-state index is 12.1. The van der Waals surface area contributed by atoms with Crippen molar-refractivity contribution >= 4 is 33.2 Å². The number of amides is 1. The highest BCUT2D eigenvalue weighted by atomic mass is 35.5. The number of carbonyl (C=O) groups is 1. The van der Waals surface area contributed by atoms with Crippen molar-refractivity contribution in [3.63, 3.8) is 0 Å². The van der Waals surface area contributed by atoms with Gasteiger partial charge in [-0.25, -0.2) is 13.4 Å². The summed E-state index contributed by atoms with van der Waals surface area (Å²) >= 11 is 5.75. The van der Waals surface area contributed by atoms with Crippen molar-refractivity contribution in [3.8, 4) is 0 Å². The third kappa shape index (κ3) is 3.97. The fourth-order valence-electron chi connectivity index (χ4n) is 2.80. The van der Waals surface area contributed by atoms with Crippen molar-refractivity contribution in [3.05, 3.63) is 23.4 Å². The lowest BCUT2D eigenvalue weighted by Gasteiger charge is -2.35. The second kappa shape index (κ2) is 6.14. The summed E-state index contributed by atoms with van der Waals surface area (Å²) in [7, 11) is -2.97. The van der Waals surface area contributed by atoms with Gasteiger partial charge in [0.05, 0.1) is 23.1 Å². The zero-order chi connectivity index (χ0) is 15.7. The maximum absolute atomic E-state index is 12.1. The third-order valence-corrected chi connectivity index (χ3v) is 5.97. The standard InChI is InChI=1S/C14H18ClN3O3S/c15-11-3-4-13(16-7-11)17-14(19)8-18-5-6-22(20,21)9-12(18)10-1-2-10/h3-4,7,10,12H,1-2,5-6,8-9H2,(H,16,17,19). The van der Waals surface area contributed by atoms with Crippen LogP contribution in [0.2, 0.25) is 5.02 Å². The van der Waals surface area contributed by atoms with Crippen LogP contribution in [0.5, 0.6) is 0 Å². The van der Waals surface area contributed by atoms with Gasteiger partial charge in [0.1, 0.15) is 5.82 Å². The van der Waals surface area contributed by atoms with Gasteiger partial charge in [0.2, 0.25) is 5.91 Å². The van der Waals surface area contributed by atoms with E-state index >= 15 is 0 Å². The highest BCUT2D eigenvalue weighted by Crippen LogP contribution is 2.37. The molecule has 2 aliphatic rings. The highest BCUT2D eigenvalue weighted by molar-refractivity contribution is 7.91. The molecule has 22 heavy (non-hydrogen) atoms.